The van der Waals surface area contributed by atoms with E-state index in [2.05, 4.69) is 5.32 Å². The van der Waals surface area contributed by atoms with E-state index < -0.39 is 18.0 Å². The van der Waals surface area contributed by atoms with Crippen LogP contribution in [-0.2, 0) is 14.3 Å². The van der Waals surface area contributed by atoms with E-state index in [9.17, 15) is 9.59 Å². The zero-order chi connectivity index (χ0) is 19.8. The molecule has 2 rings (SSSR count). The van der Waals surface area contributed by atoms with Gasteiger partial charge in [0.15, 0.2) is 17.6 Å². The van der Waals surface area contributed by atoms with Crippen molar-refractivity contribution < 1.29 is 23.8 Å². The Morgan fingerprint density at radius 2 is 1.67 bits per heavy atom. The number of hydrogen-bond acceptors (Lipinski definition) is 5. The first-order chi connectivity index (χ1) is 12.9. The van der Waals surface area contributed by atoms with Gasteiger partial charge in [-0.1, -0.05) is 23.8 Å². The maximum absolute atomic E-state index is 12.1. The molecule has 0 fully saturated rings. The first kappa shape index (κ1) is 20.0. The van der Waals surface area contributed by atoms with Crippen molar-refractivity contribution in [2.45, 2.75) is 20.0 Å². The summed E-state index contributed by atoms with van der Waals surface area (Å²) in [5.41, 5.74) is 2.48. The van der Waals surface area contributed by atoms with Crippen molar-refractivity contribution in [3.05, 3.63) is 59.7 Å². The fraction of sp³-hybridized carbons (Fsp3) is 0.238. The summed E-state index contributed by atoms with van der Waals surface area (Å²) < 4.78 is 15.5. The van der Waals surface area contributed by atoms with Gasteiger partial charge in [0.25, 0.3) is 5.91 Å². The Hall–Kier alpha value is -3.28. The van der Waals surface area contributed by atoms with Gasteiger partial charge in [0.1, 0.15) is 0 Å². The number of anilines is 1. The van der Waals surface area contributed by atoms with E-state index >= 15 is 0 Å². The summed E-state index contributed by atoms with van der Waals surface area (Å²) >= 11 is 0. The van der Waals surface area contributed by atoms with Gasteiger partial charge in [0.05, 0.1) is 14.2 Å². The molecule has 2 aromatic rings. The highest BCUT2D eigenvalue weighted by Crippen LogP contribution is 2.27. The summed E-state index contributed by atoms with van der Waals surface area (Å²) in [5, 5.41) is 2.71. The minimum absolute atomic E-state index is 0.397. The van der Waals surface area contributed by atoms with Crippen LogP contribution in [0.3, 0.4) is 0 Å². The lowest BCUT2D eigenvalue weighted by Crippen LogP contribution is -2.29. The van der Waals surface area contributed by atoms with Gasteiger partial charge in [0.2, 0.25) is 0 Å². The molecule has 0 aromatic heterocycles. The average Bonchev–Trinajstić information content (AvgIpc) is 2.67. The molecule has 1 atom stereocenters. The minimum atomic E-state index is -0.922. The lowest BCUT2D eigenvalue weighted by Gasteiger charge is -2.12. The molecule has 0 saturated heterocycles. The predicted molar refractivity (Wildman–Crippen MR) is 104 cm³/mol. The first-order valence-corrected chi connectivity index (χ1v) is 8.41. The molecule has 27 heavy (non-hydrogen) atoms. The SMILES string of the molecule is COc1ccc(/C=C/C(=O)O[C@H](C)C(=O)Nc2ccc(C)cc2)cc1OC. The molecule has 0 heterocycles. The summed E-state index contributed by atoms with van der Waals surface area (Å²) in [5.74, 6) is 0.139. The van der Waals surface area contributed by atoms with Crippen molar-refractivity contribution in [1.82, 2.24) is 0 Å². The highest BCUT2D eigenvalue weighted by atomic mass is 16.5. The van der Waals surface area contributed by atoms with Crippen LogP contribution < -0.4 is 14.8 Å². The van der Waals surface area contributed by atoms with Crippen LogP contribution in [0.25, 0.3) is 6.08 Å². The van der Waals surface area contributed by atoms with Crippen molar-refractivity contribution in [2.75, 3.05) is 19.5 Å². The van der Waals surface area contributed by atoms with Crippen LogP contribution in [0.2, 0.25) is 0 Å². The second kappa shape index (κ2) is 9.43. The van der Waals surface area contributed by atoms with Gasteiger partial charge < -0.3 is 19.5 Å². The van der Waals surface area contributed by atoms with E-state index in [0.29, 0.717) is 17.2 Å². The Balaban J connectivity index is 1.93. The van der Waals surface area contributed by atoms with Crippen molar-refractivity contribution >= 4 is 23.6 Å². The first-order valence-electron chi connectivity index (χ1n) is 8.41. The molecule has 0 radical (unpaired) electrons. The zero-order valence-corrected chi connectivity index (χ0v) is 15.8. The fourth-order valence-electron chi connectivity index (χ4n) is 2.27. The van der Waals surface area contributed by atoms with Gasteiger partial charge >= 0.3 is 5.97 Å². The number of ether oxygens (including phenoxy) is 3. The summed E-state index contributed by atoms with van der Waals surface area (Å²) in [6.45, 7) is 3.48. The number of benzene rings is 2. The highest BCUT2D eigenvalue weighted by Gasteiger charge is 2.16. The summed E-state index contributed by atoms with van der Waals surface area (Å²) in [6, 6.07) is 12.6. The fourth-order valence-corrected chi connectivity index (χ4v) is 2.27. The van der Waals surface area contributed by atoms with Crippen molar-refractivity contribution in [3.8, 4) is 11.5 Å². The molecule has 0 spiro atoms. The molecule has 0 unspecified atom stereocenters. The molecule has 1 N–H and O–H groups in total. The molecule has 0 aliphatic rings. The molecular formula is C21H23NO5. The molecule has 142 valence electrons. The topological polar surface area (TPSA) is 73.9 Å². The Labute approximate surface area is 158 Å². The van der Waals surface area contributed by atoms with Crippen LogP contribution in [0, 0.1) is 6.92 Å². The van der Waals surface area contributed by atoms with E-state index in [-0.39, 0.29) is 0 Å². The van der Waals surface area contributed by atoms with Crippen molar-refractivity contribution in [2.24, 2.45) is 0 Å². The van der Waals surface area contributed by atoms with Crippen LogP contribution in [0.15, 0.2) is 48.5 Å². The van der Waals surface area contributed by atoms with Crippen LogP contribution in [0.5, 0.6) is 11.5 Å². The van der Waals surface area contributed by atoms with Crippen molar-refractivity contribution in [3.63, 3.8) is 0 Å². The number of esters is 1. The molecule has 0 aliphatic heterocycles. The molecule has 2 aromatic carbocycles. The molecule has 0 aliphatic carbocycles. The third-order valence-corrected chi connectivity index (χ3v) is 3.80. The van der Waals surface area contributed by atoms with E-state index in [1.54, 1.807) is 43.5 Å². The molecule has 6 heteroatoms. The molecule has 0 saturated carbocycles. The Morgan fingerprint density at radius 1 is 1.00 bits per heavy atom. The number of rotatable bonds is 7. The summed E-state index contributed by atoms with van der Waals surface area (Å²) in [6.07, 6.45) is 1.92. The monoisotopic (exact) mass is 369 g/mol. The quantitative estimate of drug-likeness (QED) is 0.596. The van der Waals surface area contributed by atoms with Gasteiger partial charge in [-0.3, -0.25) is 4.79 Å². The Kier molecular flexibility index (Phi) is 7.00. The lowest BCUT2D eigenvalue weighted by atomic mass is 10.2. The molecule has 6 nitrogen and oxygen atoms in total. The maximum atomic E-state index is 12.1. The maximum Gasteiger partial charge on any atom is 0.331 e. The Morgan fingerprint density at radius 3 is 2.30 bits per heavy atom. The van der Waals surface area contributed by atoms with E-state index in [0.717, 1.165) is 11.1 Å². The summed E-state index contributed by atoms with van der Waals surface area (Å²) in [4.78, 5) is 24.1. The smallest absolute Gasteiger partial charge is 0.331 e. The zero-order valence-electron chi connectivity index (χ0n) is 15.8. The Bertz CT molecular complexity index is 827. The standard InChI is InChI=1S/C21H23NO5/c1-14-5-9-17(10-6-14)22-21(24)15(2)27-20(23)12-8-16-7-11-18(25-3)19(13-16)26-4/h5-13,15H,1-4H3,(H,22,24)/b12-8+/t15-/m1/s1. The number of nitrogens with one attached hydrogen (secondary N) is 1. The van der Waals surface area contributed by atoms with E-state index in [1.165, 1.54) is 20.1 Å². The number of carbonyl (C=O) groups is 2. The van der Waals surface area contributed by atoms with Gasteiger partial charge in [0, 0.05) is 11.8 Å². The van der Waals surface area contributed by atoms with Gasteiger partial charge in [-0.2, -0.15) is 0 Å². The van der Waals surface area contributed by atoms with Crippen LogP contribution in [0.1, 0.15) is 18.1 Å². The van der Waals surface area contributed by atoms with E-state index in [4.69, 9.17) is 14.2 Å². The summed E-state index contributed by atoms with van der Waals surface area (Å²) in [7, 11) is 3.09. The second-order valence-corrected chi connectivity index (χ2v) is 5.88. The predicted octanol–water partition coefficient (Wildman–Crippen LogP) is 3.60. The van der Waals surface area contributed by atoms with Crippen LogP contribution in [0.4, 0.5) is 5.69 Å². The van der Waals surface area contributed by atoms with Crippen LogP contribution in [-0.4, -0.2) is 32.2 Å². The average molecular weight is 369 g/mol. The van der Waals surface area contributed by atoms with Gasteiger partial charge in [-0.05, 0) is 49.8 Å². The van der Waals surface area contributed by atoms with Crippen LogP contribution >= 0.6 is 0 Å². The number of hydrogen-bond donors (Lipinski definition) is 1. The van der Waals surface area contributed by atoms with Gasteiger partial charge in [-0.25, -0.2) is 4.79 Å². The lowest BCUT2D eigenvalue weighted by molar-refractivity contribution is -0.148. The third-order valence-electron chi connectivity index (χ3n) is 3.80. The van der Waals surface area contributed by atoms with Crippen molar-refractivity contribution in [1.29, 1.82) is 0 Å². The number of amides is 1. The largest absolute Gasteiger partial charge is 0.493 e. The minimum Gasteiger partial charge on any atom is -0.493 e. The number of aryl methyl sites for hydroxylation is 1. The second-order valence-electron chi connectivity index (χ2n) is 5.88. The molecule has 1 amide bonds. The number of carbonyl (C=O) groups excluding carboxylic acids is 2. The van der Waals surface area contributed by atoms with E-state index in [1.807, 2.05) is 19.1 Å². The highest BCUT2D eigenvalue weighted by molar-refractivity contribution is 5.96. The molecule has 0 bridgehead atoms. The van der Waals surface area contributed by atoms with Gasteiger partial charge in [-0.15, -0.1) is 0 Å². The normalized spacial score (nSPS) is 11.7. The third kappa shape index (κ3) is 5.88. The molecular weight excluding hydrogens is 346 g/mol. The number of methoxy groups -OCH3 is 2.